The molecule has 0 aromatic carbocycles. The van der Waals surface area contributed by atoms with Gasteiger partial charge in [0.1, 0.15) is 18.0 Å². The lowest BCUT2D eigenvalue weighted by atomic mass is 9.80. The largest absolute Gasteiger partial charge is 0.367 e. The first-order valence-electron chi connectivity index (χ1n) is 6.71. The van der Waals surface area contributed by atoms with Gasteiger partial charge in [0.05, 0.1) is 0 Å². The average molecular weight is 249 g/mol. The van der Waals surface area contributed by atoms with E-state index in [0.29, 0.717) is 17.8 Å². The quantitative estimate of drug-likeness (QED) is 0.552. The van der Waals surface area contributed by atoms with Crippen LogP contribution in [-0.2, 0) is 0 Å². The number of nitrogen functional groups attached to an aromatic ring is 1. The summed E-state index contributed by atoms with van der Waals surface area (Å²) in [5.74, 6) is 8.24. The van der Waals surface area contributed by atoms with Crippen LogP contribution in [0.5, 0.6) is 0 Å². The van der Waals surface area contributed by atoms with Gasteiger partial charge in [-0.1, -0.05) is 20.3 Å². The topological polar surface area (TPSA) is 75.9 Å². The van der Waals surface area contributed by atoms with Crippen molar-refractivity contribution < 1.29 is 0 Å². The smallest absolute Gasteiger partial charge is 0.148 e. The van der Waals surface area contributed by atoms with Crippen molar-refractivity contribution in [1.29, 1.82) is 0 Å². The van der Waals surface area contributed by atoms with E-state index in [0.717, 1.165) is 17.3 Å². The summed E-state index contributed by atoms with van der Waals surface area (Å²) in [6.07, 6.45) is 5.54. The van der Waals surface area contributed by atoms with Crippen molar-refractivity contribution in [3.63, 3.8) is 0 Å². The Kier molecular flexibility index (Phi) is 4.01. The van der Waals surface area contributed by atoms with Gasteiger partial charge in [0.15, 0.2) is 0 Å². The van der Waals surface area contributed by atoms with Crippen LogP contribution in [0.15, 0.2) is 6.33 Å². The average Bonchev–Trinajstić information content (AvgIpc) is 2.25. The van der Waals surface area contributed by atoms with Gasteiger partial charge in [-0.3, -0.25) is 0 Å². The van der Waals surface area contributed by atoms with Gasteiger partial charge in [0, 0.05) is 11.6 Å². The molecule has 1 aromatic rings. The van der Waals surface area contributed by atoms with Crippen LogP contribution in [0.1, 0.15) is 51.5 Å². The third kappa shape index (κ3) is 2.56. The van der Waals surface area contributed by atoms with Crippen LogP contribution in [0.3, 0.4) is 0 Å². The van der Waals surface area contributed by atoms with Gasteiger partial charge in [0.25, 0.3) is 0 Å². The maximum absolute atomic E-state index is 5.52. The fraction of sp³-hybridized carbons (Fsp3) is 0.692. The molecule has 5 heteroatoms. The van der Waals surface area contributed by atoms with Crippen LogP contribution in [-0.4, -0.2) is 16.0 Å². The number of hydrogen-bond donors (Lipinski definition) is 3. The Balaban J connectivity index is 2.20. The summed E-state index contributed by atoms with van der Waals surface area (Å²) < 4.78 is 0. The molecule has 1 aromatic heterocycles. The summed E-state index contributed by atoms with van der Waals surface area (Å²) in [6, 6.07) is 0.455. The molecule has 0 spiro atoms. The molecular formula is C13H23N5. The lowest BCUT2D eigenvalue weighted by molar-refractivity contribution is 0.284. The van der Waals surface area contributed by atoms with E-state index in [9.17, 15) is 0 Å². The van der Waals surface area contributed by atoms with Crippen molar-refractivity contribution in [2.45, 2.75) is 52.0 Å². The van der Waals surface area contributed by atoms with Crippen molar-refractivity contribution in [3.05, 3.63) is 11.9 Å². The molecular weight excluding hydrogens is 226 g/mol. The lowest BCUT2D eigenvalue weighted by Gasteiger charge is -2.33. The predicted molar refractivity (Wildman–Crippen MR) is 74.4 cm³/mol. The van der Waals surface area contributed by atoms with Crippen LogP contribution in [0, 0.1) is 5.92 Å². The second-order valence-corrected chi connectivity index (χ2v) is 5.41. The first kappa shape index (κ1) is 13.1. The van der Waals surface area contributed by atoms with Crippen molar-refractivity contribution in [2.24, 2.45) is 11.8 Å². The standard InChI is InChI=1S/C13H23N5/c1-8(2)11-12(15-7-16-13(11)18-14)17-9(3)10-5-4-6-10/h7-10H,4-6,14H2,1-3H3,(H2,15,16,17,18). The maximum Gasteiger partial charge on any atom is 0.148 e. The van der Waals surface area contributed by atoms with Crippen LogP contribution >= 0.6 is 0 Å². The number of hydrogen-bond acceptors (Lipinski definition) is 5. The molecule has 18 heavy (non-hydrogen) atoms. The Morgan fingerprint density at radius 1 is 1.22 bits per heavy atom. The molecule has 100 valence electrons. The van der Waals surface area contributed by atoms with E-state index in [1.807, 2.05) is 0 Å². The minimum absolute atomic E-state index is 0.327. The summed E-state index contributed by atoms with van der Waals surface area (Å²) in [5.41, 5.74) is 3.72. The molecule has 2 rings (SSSR count). The Morgan fingerprint density at radius 2 is 1.89 bits per heavy atom. The number of nitrogens with one attached hydrogen (secondary N) is 2. The number of anilines is 2. The highest BCUT2D eigenvalue weighted by Crippen LogP contribution is 2.33. The molecule has 1 aliphatic carbocycles. The van der Waals surface area contributed by atoms with Crippen molar-refractivity contribution in [1.82, 2.24) is 9.97 Å². The van der Waals surface area contributed by atoms with E-state index in [2.05, 4.69) is 41.5 Å². The van der Waals surface area contributed by atoms with Gasteiger partial charge in [-0.2, -0.15) is 0 Å². The number of nitrogens with zero attached hydrogens (tertiary/aromatic N) is 2. The molecule has 0 radical (unpaired) electrons. The zero-order chi connectivity index (χ0) is 13.1. The molecule has 5 nitrogen and oxygen atoms in total. The Bertz CT molecular complexity index is 400. The van der Waals surface area contributed by atoms with Crippen molar-refractivity contribution in [2.75, 3.05) is 10.7 Å². The van der Waals surface area contributed by atoms with E-state index >= 15 is 0 Å². The van der Waals surface area contributed by atoms with Gasteiger partial charge in [-0.05, 0) is 31.6 Å². The van der Waals surface area contributed by atoms with E-state index in [4.69, 9.17) is 5.84 Å². The fourth-order valence-electron chi connectivity index (χ4n) is 2.45. The molecule has 0 bridgehead atoms. The van der Waals surface area contributed by atoms with Crippen LogP contribution in [0.4, 0.5) is 11.6 Å². The Morgan fingerprint density at radius 3 is 2.39 bits per heavy atom. The summed E-state index contributed by atoms with van der Waals surface area (Å²) in [5, 5.41) is 3.52. The van der Waals surface area contributed by atoms with E-state index in [1.54, 1.807) is 6.33 Å². The molecule has 4 N–H and O–H groups in total. The highest BCUT2D eigenvalue weighted by Gasteiger charge is 2.25. The van der Waals surface area contributed by atoms with E-state index in [-0.39, 0.29) is 0 Å². The molecule has 1 fully saturated rings. The molecule has 0 aliphatic heterocycles. The SMILES string of the molecule is CC(C)c1c(NN)ncnc1NC(C)C1CCC1. The van der Waals surface area contributed by atoms with E-state index in [1.165, 1.54) is 19.3 Å². The number of aromatic nitrogens is 2. The second kappa shape index (κ2) is 5.52. The van der Waals surface area contributed by atoms with Crippen molar-refractivity contribution >= 4 is 11.6 Å². The highest BCUT2D eigenvalue weighted by atomic mass is 15.3. The highest BCUT2D eigenvalue weighted by molar-refractivity contribution is 5.58. The zero-order valence-corrected chi connectivity index (χ0v) is 11.4. The molecule has 1 aliphatic rings. The minimum atomic E-state index is 0.327. The first-order chi connectivity index (χ1) is 8.63. The molecule has 0 saturated heterocycles. The zero-order valence-electron chi connectivity index (χ0n) is 11.4. The monoisotopic (exact) mass is 249 g/mol. The summed E-state index contributed by atoms with van der Waals surface area (Å²) in [7, 11) is 0. The van der Waals surface area contributed by atoms with E-state index < -0.39 is 0 Å². The molecule has 1 saturated carbocycles. The third-order valence-electron chi connectivity index (χ3n) is 3.82. The van der Waals surface area contributed by atoms with Gasteiger partial charge in [-0.15, -0.1) is 0 Å². The molecule has 0 amide bonds. The maximum atomic E-state index is 5.52. The van der Waals surface area contributed by atoms with Gasteiger partial charge in [0.2, 0.25) is 0 Å². The fourth-order valence-corrected chi connectivity index (χ4v) is 2.45. The van der Waals surface area contributed by atoms with Crippen LogP contribution < -0.4 is 16.6 Å². The molecule has 1 atom stereocenters. The van der Waals surface area contributed by atoms with Gasteiger partial charge in [-0.25, -0.2) is 15.8 Å². The van der Waals surface area contributed by atoms with Crippen LogP contribution in [0.2, 0.25) is 0 Å². The Labute approximate surface area is 109 Å². The second-order valence-electron chi connectivity index (χ2n) is 5.41. The number of rotatable bonds is 5. The molecule has 1 heterocycles. The Hall–Kier alpha value is -1.36. The molecule has 1 unspecified atom stereocenters. The van der Waals surface area contributed by atoms with Crippen molar-refractivity contribution in [3.8, 4) is 0 Å². The summed E-state index contributed by atoms with van der Waals surface area (Å²) in [4.78, 5) is 8.55. The van der Waals surface area contributed by atoms with Gasteiger partial charge < -0.3 is 10.7 Å². The third-order valence-corrected chi connectivity index (χ3v) is 3.82. The van der Waals surface area contributed by atoms with Crippen LogP contribution in [0.25, 0.3) is 0 Å². The van der Waals surface area contributed by atoms with Gasteiger partial charge >= 0.3 is 0 Å². The summed E-state index contributed by atoms with van der Waals surface area (Å²) >= 11 is 0. The predicted octanol–water partition coefficient (Wildman–Crippen LogP) is 2.49. The number of hydrazine groups is 1. The number of nitrogens with two attached hydrogens (primary N) is 1. The first-order valence-corrected chi connectivity index (χ1v) is 6.71. The summed E-state index contributed by atoms with van der Waals surface area (Å²) in [6.45, 7) is 6.48. The lowest BCUT2D eigenvalue weighted by Crippen LogP contribution is -2.31. The minimum Gasteiger partial charge on any atom is -0.367 e. The normalized spacial score (nSPS) is 17.4.